The Morgan fingerprint density at radius 1 is 1.45 bits per heavy atom. The van der Waals surface area contributed by atoms with E-state index in [9.17, 15) is 13.6 Å². The lowest BCUT2D eigenvalue weighted by Gasteiger charge is -2.31. The van der Waals surface area contributed by atoms with Gasteiger partial charge in [-0.15, -0.1) is 0 Å². The number of hydrogen-bond acceptors (Lipinski definition) is 2. The zero-order valence-corrected chi connectivity index (χ0v) is 11.8. The Morgan fingerprint density at radius 3 is 2.75 bits per heavy atom. The summed E-state index contributed by atoms with van der Waals surface area (Å²) in [5.74, 6) is -1.11. The molecule has 1 amide bonds. The molecule has 1 aromatic rings. The van der Waals surface area contributed by atoms with Gasteiger partial charge in [-0.25, -0.2) is 8.78 Å². The molecule has 1 unspecified atom stereocenters. The highest BCUT2D eigenvalue weighted by molar-refractivity contribution is 5.83. The van der Waals surface area contributed by atoms with Crippen LogP contribution >= 0.6 is 0 Å². The lowest BCUT2D eigenvalue weighted by Crippen LogP contribution is -2.45. The van der Waals surface area contributed by atoms with Gasteiger partial charge in [0.1, 0.15) is 11.6 Å². The Balaban J connectivity index is 2.04. The van der Waals surface area contributed by atoms with Crippen molar-refractivity contribution in [3.8, 4) is 0 Å². The van der Waals surface area contributed by atoms with Gasteiger partial charge in [-0.1, -0.05) is 19.9 Å². The molecule has 2 rings (SSSR count). The molecule has 1 aliphatic heterocycles. The molecule has 0 aliphatic carbocycles. The molecule has 2 N–H and O–H groups in total. The van der Waals surface area contributed by atoms with Crippen LogP contribution in [0.2, 0.25) is 0 Å². The summed E-state index contributed by atoms with van der Waals surface area (Å²) in [5.41, 5.74) is -0.138. The first-order valence-electron chi connectivity index (χ1n) is 6.88. The second kappa shape index (κ2) is 5.87. The summed E-state index contributed by atoms with van der Waals surface area (Å²) < 4.78 is 26.4. The van der Waals surface area contributed by atoms with E-state index < -0.39 is 17.0 Å². The van der Waals surface area contributed by atoms with Gasteiger partial charge in [0.05, 0.1) is 5.41 Å². The number of halogens is 2. The van der Waals surface area contributed by atoms with Crippen LogP contribution in [0.25, 0.3) is 0 Å². The van der Waals surface area contributed by atoms with Crippen LogP contribution in [0.15, 0.2) is 18.2 Å². The minimum Gasteiger partial charge on any atom is -0.351 e. The number of carbonyl (C=O) groups is 1. The first-order chi connectivity index (χ1) is 9.45. The van der Waals surface area contributed by atoms with Crippen molar-refractivity contribution in [2.24, 2.45) is 11.3 Å². The van der Waals surface area contributed by atoms with Gasteiger partial charge >= 0.3 is 0 Å². The number of hydrogen-bond donors (Lipinski definition) is 2. The highest BCUT2D eigenvalue weighted by Crippen LogP contribution is 2.34. The average Bonchev–Trinajstić information content (AvgIpc) is 2.88. The molecule has 1 heterocycles. The van der Waals surface area contributed by atoms with Crippen molar-refractivity contribution in [2.75, 3.05) is 13.1 Å². The van der Waals surface area contributed by atoms with Crippen LogP contribution in [0.3, 0.4) is 0 Å². The van der Waals surface area contributed by atoms with Gasteiger partial charge in [0.2, 0.25) is 5.91 Å². The summed E-state index contributed by atoms with van der Waals surface area (Å²) >= 11 is 0. The van der Waals surface area contributed by atoms with E-state index in [0.29, 0.717) is 12.1 Å². The van der Waals surface area contributed by atoms with Crippen molar-refractivity contribution in [1.29, 1.82) is 0 Å². The van der Waals surface area contributed by atoms with Gasteiger partial charge < -0.3 is 10.6 Å². The second-order valence-electron chi connectivity index (χ2n) is 5.66. The fourth-order valence-corrected chi connectivity index (χ4v) is 2.68. The zero-order chi connectivity index (χ0) is 14.8. The minimum atomic E-state index is -0.631. The number of amides is 1. The first-order valence-corrected chi connectivity index (χ1v) is 6.88. The molecule has 1 saturated heterocycles. The third kappa shape index (κ3) is 2.82. The Bertz CT molecular complexity index is 497. The number of benzene rings is 1. The van der Waals surface area contributed by atoms with Crippen molar-refractivity contribution in [1.82, 2.24) is 10.6 Å². The molecule has 1 aliphatic rings. The summed E-state index contributed by atoms with van der Waals surface area (Å²) in [5, 5.41) is 5.99. The van der Waals surface area contributed by atoms with Crippen molar-refractivity contribution < 1.29 is 13.6 Å². The van der Waals surface area contributed by atoms with Crippen LogP contribution in [0.5, 0.6) is 0 Å². The third-order valence-corrected chi connectivity index (χ3v) is 4.20. The summed E-state index contributed by atoms with van der Waals surface area (Å²) in [6, 6.07) is 3.39. The van der Waals surface area contributed by atoms with Crippen molar-refractivity contribution in [3.63, 3.8) is 0 Å². The molecular weight excluding hydrogens is 262 g/mol. The molecule has 0 spiro atoms. The van der Waals surface area contributed by atoms with Gasteiger partial charge in [-0.3, -0.25) is 4.79 Å². The number of nitrogens with one attached hydrogen (secondary N) is 2. The van der Waals surface area contributed by atoms with E-state index in [1.807, 2.05) is 13.8 Å². The summed E-state index contributed by atoms with van der Waals surface area (Å²) in [6.45, 7) is 5.58. The van der Waals surface area contributed by atoms with Crippen LogP contribution in [0.4, 0.5) is 8.78 Å². The topological polar surface area (TPSA) is 41.1 Å². The fourth-order valence-electron chi connectivity index (χ4n) is 2.68. The quantitative estimate of drug-likeness (QED) is 0.889. The predicted molar refractivity (Wildman–Crippen MR) is 73.0 cm³/mol. The fraction of sp³-hybridized carbons (Fsp3) is 0.533. The van der Waals surface area contributed by atoms with Crippen LogP contribution in [0.1, 0.15) is 25.8 Å². The van der Waals surface area contributed by atoms with E-state index in [4.69, 9.17) is 0 Å². The van der Waals surface area contributed by atoms with Crippen LogP contribution in [0, 0.1) is 23.0 Å². The highest BCUT2D eigenvalue weighted by atomic mass is 19.1. The van der Waals surface area contributed by atoms with E-state index in [-0.39, 0.29) is 18.4 Å². The monoisotopic (exact) mass is 282 g/mol. The lowest BCUT2D eigenvalue weighted by molar-refractivity contribution is -0.132. The summed E-state index contributed by atoms with van der Waals surface area (Å²) in [4.78, 5) is 12.4. The zero-order valence-electron chi connectivity index (χ0n) is 11.8. The van der Waals surface area contributed by atoms with Crippen LogP contribution < -0.4 is 10.6 Å². The molecule has 20 heavy (non-hydrogen) atoms. The molecule has 0 saturated carbocycles. The van der Waals surface area contributed by atoms with Crippen LogP contribution in [-0.2, 0) is 11.3 Å². The van der Waals surface area contributed by atoms with Gasteiger partial charge in [0.25, 0.3) is 0 Å². The maximum absolute atomic E-state index is 13.5. The lowest BCUT2D eigenvalue weighted by atomic mass is 9.75. The van der Waals surface area contributed by atoms with Crippen molar-refractivity contribution in [2.45, 2.75) is 26.8 Å². The molecule has 1 atom stereocenters. The third-order valence-electron chi connectivity index (χ3n) is 4.20. The van der Waals surface area contributed by atoms with Crippen LogP contribution in [-0.4, -0.2) is 19.0 Å². The SMILES string of the molecule is CC(C)C1(C(=O)NCc2ccc(F)cc2F)CCNC1. The standard InChI is InChI=1S/C15H20F2N2O/c1-10(2)15(5-6-18-9-15)14(20)19-8-11-3-4-12(16)7-13(11)17/h3-4,7,10,18H,5-6,8-9H2,1-2H3,(H,19,20). The molecular formula is C15H20F2N2O. The smallest absolute Gasteiger partial charge is 0.228 e. The van der Waals surface area contributed by atoms with Gasteiger partial charge in [0, 0.05) is 24.7 Å². The van der Waals surface area contributed by atoms with E-state index in [0.717, 1.165) is 19.0 Å². The van der Waals surface area contributed by atoms with Gasteiger partial charge in [0.15, 0.2) is 0 Å². The van der Waals surface area contributed by atoms with E-state index >= 15 is 0 Å². The molecule has 3 nitrogen and oxygen atoms in total. The maximum Gasteiger partial charge on any atom is 0.228 e. The summed E-state index contributed by atoms with van der Waals surface area (Å²) in [7, 11) is 0. The largest absolute Gasteiger partial charge is 0.351 e. The molecule has 5 heteroatoms. The maximum atomic E-state index is 13.5. The minimum absolute atomic E-state index is 0.0683. The van der Waals surface area contributed by atoms with Gasteiger partial charge in [-0.05, 0) is 24.9 Å². The Labute approximate surface area is 117 Å². The molecule has 0 radical (unpaired) electrons. The highest BCUT2D eigenvalue weighted by Gasteiger charge is 2.43. The van der Waals surface area contributed by atoms with Crippen molar-refractivity contribution >= 4 is 5.91 Å². The average molecular weight is 282 g/mol. The number of rotatable bonds is 4. The Morgan fingerprint density at radius 2 is 2.20 bits per heavy atom. The van der Waals surface area contributed by atoms with E-state index in [1.165, 1.54) is 12.1 Å². The first kappa shape index (κ1) is 14.9. The van der Waals surface area contributed by atoms with E-state index in [2.05, 4.69) is 10.6 Å². The molecule has 110 valence electrons. The van der Waals surface area contributed by atoms with Crippen molar-refractivity contribution in [3.05, 3.63) is 35.4 Å². The van der Waals surface area contributed by atoms with E-state index in [1.54, 1.807) is 0 Å². The molecule has 1 fully saturated rings. The molecule has 1 aromatic carbocycles. The normalized spacial score (nSPS) is 22.2. The predicted octanol–water partition coefficient (Wildman–Crippen LogP) is 2.22. The second-order valence-corrected chi connectivity index (χ2v) is 5.66. The molecule has 0 bridgehead atoms. The molecule has 0 aromatic heterocycles. The Hall–Kier alpha value is -1.49. The number of carbonyl (C=O) groups excluding carboxylic acids is 1. The summed E-state index contributed by atoms with van der Waals surface area (Å²) in [6.07, 6.45) is 0.780. The van der Waals surface area contributed by atoms with Gasteiger partial charge in [-0.2, -0.15) is 0 Å². The Kier molecular flexibility index (Phi) is 4.38.